The molecule has 0 spiro atoms. The number of piperazine rings is 1. The molecule has 1 aliphatic heterocycles. The van der Waals surface area contributed by atoms with Crippen molar-refractivity contribution in [2.24, 2.45) is 0 Å². The molecule has 3 heterocycles. The topological polar surface area (TPSA) is 60.3 Å². The van der Waals surface area contributed by atoms with Gasteiger partial charge in [0, 0.05) is 58.5 Å². The number of hydrogen-bond donors (Lipinski definition) is 1. The van der Waals surface area contributed by atoms with Gasteiger partial charge in [-0.25, -0.2) is 9.18 Å². The summed E-state index contributed by atoms with van der Waals surface area (Å²) in [5, 5.41) is 2.91. The fourth-order valence-corrected chi connectivity index (χ4v) is 4.00. The first kappa shape index (κ1) is 21.7. The molecule has 7 nitrogen and oxygen atoms in total. The highest BCUT2D eigenvalue weighted by Gasteiger charge is 2.23. The average molecular weight is 438 g/mol. The Morgan fingerprint density at radius 3 is 2.50 bits per heavy atom. The Morgan fingerprint density at radius 2 is 1.78 bits per heavy atom. The summed E-state index contributed by atoms with van der Waals surface area (Å²) in [5.74, 6) is 0.571. The number of hydrogen-bond acceptors (Lipinski definition) is 3. The van der Waals surface area contributed by atoms with Gasteiger partial charge in [0.2, 0.25) is 0 Å². The zero-order valence-electron chi connectivity index (χ0n) is 18.4. The number of aromatic nitrogens is 1. The van der Waals surface area contributed by atoms with Crippen molar-refractivity contribution in [3.05, 3.63) is 71.7 Å². The summed E-state index contributed by atoms with van der Waals surface area (Å²) in [5.41, 5.74) is 2.42. The molecule has 3 amide bonds. The minimum Gasteiger partial charge on any atom is -0.354 e. The van der Waals surface area contributed by atoms with E-state index in [0.717, 1.165) is 30.0 Å². The standard InChI is InChI=1S/C24H28FN5O2/c1-27(2)24(32)29-14-12-28(13-15-29)22-9-8-21-7-6-19(17-30(21)22)23(31)26-11-10-18-4-3-5-20(25)16-18/h3-9,16-17H,10-15H2,1-2H3,(H,26,31). The van der Waals surface area contributed by atoms with Crippen molar-refractivity contribution >= 4 is 23.3 Å². The second kappa shape index (κ2) is 9.30. The highest BCUT2D eigenvalue weighted by molar-refractivity contribution is 5.94. The van der Waals surface area contributed by atoms with Crippen LogP contribution in [0.25, 0.3) is 5.52 Å². The summed E-state index contributed by atoms with van der Waals surface area (Å²) < 4.78 is 15.3. The predicted molar refractivity (Wildman–Crippen MR) is 123 cm³/mol. The lowest BCUT2D eigenvalue weighted by Crippen LogP contribution is -2.51. The van der Waals surface area contributed by atoms with Crippen molar-refractivity contribution < 1.29 is 14.0 Å². The third-order valence-corrected chi connectivity index (χ3v) is 5.74. The smallest absolute Gasteiger partial charge is 0.319 e. The van der Waals surface area contributed by atoms with Gasteiger partial charge >= 0.3 is 6.03 Å². The summed E-state index contributed by atoms with van der Waals surface area (Å²) in [7, 11) is 3.53. The molecule has 1 fully saturated rings. The summed E-state index contributed by atoms with van der Waals surface area (Å²) in [6.07, 6.45) is 2.41. The minimum atomic E-state index is -0.272. The summed E-state index contributed by atoms with van der Waals surface area (Å²) in [4.78, 5) is 30.5. The highest BCUT2D eigenvalue weighted by Crippen LogP contribution is 2.22. The Hall–Kier alpha value is -3.55. The van der Waals surface area contributed by atoms with Crippen molar-refractivity contribution in [3.63, 3.8) is 0 Å². The summed E-state index contributed by atoms with van der Waals surface area (Å²) in [6.45, 7) is 3.21. The number of carbonyl (C=O) groups is 2. The Morgan fingerprint density at radius 1 is 1.03 bits per heavy atom. The number of fused-ring (bicyclic) bond motifs is 1. The van der Waals surface area contributed by atoms with Crippen molar-refractivity contribution in [1.82, 2.24) is 19.5 Å². The second-order valence-corrected chi connectivity index (χ2v) is 8.19. The molecule has 0 unspecified atom stereocenters. The van der Waals surface area contributed by atoms with E-state index < -0.39 is 0 Å². The molecule has 1 aromatic carbocycles. The van der Waals surface area contributed by atoms with E-state index in [4.69, 9.17) is 0 Å². The molecular formula is C24H28FN5O2. The number of rotatable bonds is 5. The van der Waals surface area contributed by atoms with Crippen LogP contribution in [-0.4, -0.2) is 73.0 Å². The van der Waals surface area contributed by atoms with Crippen LogP contribution in [0.3, 0.4) is 0 Å². The Balaban J connectivity index is 1.41. The van der Waals surface area contributed by atoms with E-state index >= 15 is 0 Å². The van der Waals surface area contributed by atoms with Crippen molar-refractivity contribution in [2.75, 3.05) is 51.7 Å². The molecule has 8 heteroatoms. The van der Waals surface area contributed by atoms with Gasteiger partial charge in [-0.15, -0.1) is 0 Å². The predicted octanol–water partition coefficient (Wildman–Crippen LogP) is 2.85. The van der Waals surface area contributed by atoms with E-state index in [1.807, 2.05) is 45.8 Å². The molecule has 168 valence electrons. The van der Waals surface area contributed by atoms with Crippen LogP contribution < -0.4 is 10.2 Å². The largest absolute Gasteiger partial charge is 0.354 e. The van der Waals surface area contributed by atoms with E-state index in [1.165, 1.54) is 12.1 Å². The van der Waals surface area contributed by atoms with Crippen molar-refractivity contribution in [1.29, 1.82) is 0 Å². The van der Waals surface area contributed by atoms with E-state index in [1.54, 1.807) is 25.1 Å². The van der Waals surface area contributed by atoms with Crippen LogP contribution in [0.5, 0.6) is 0 Å². The fraction of sp³-hybridized carbons (Fsp3) is 0.333. The van der Waals surface area contributed by atoms with Gasteiger partial charge in [0.05, 0.1) is 5.56 Å². The quantitative estimate of drug-likeness (QED) is 0.668. The van der Waals surface area contributed by atoms with Gasteiger partial charge in [-0.2, -0.15) is 0 Å². The first-order chi connectivity index (χ1) is 15.4. The maximum absolute atomic E-state index is 13.3. The van der Waals surface area contributed by atoms with E-state index in [2.05, 4.69) is 10.2 Å². The van der Waals surface area contributed by atoms with Crippen molar-refractivity contribution in [3.8, 4) is 0 Å². The number of carbonyl (C=O) groups excluding carboxylic acids is 2. The molecule has 0 aliphatic carbocycles. The third-order valence-electron chi connectivity index (χ3n) is 5.74. The first-order valence-electron chi connectivity index (χ1n) is 10.8. The van der Waals surface area contributed by atoms with Gasteiger partial charge < -0.3 is 24.4 Å². The van der Waals surface area contributed by atoms with Gasteiger partial charge in [-0.1, -0.05) is 12.1 Å². The van der Waals surface area contributed by atoms with Crippen LogP contribution in [0.15, 0.2) is 54.7 Å². The molecule has 32 heavy (non-hydrogen) atoms. The number of anilines is 1. The Labute approximate surface area is 187 Å². The number of benzene rings is 1. The van der Waals surface area contributed by atoms with E-state index in [9.17, 15) is 14.0 Å². The number of halogens is 1. The van der Waals surface area contributed by atoms with E-state index in [-0.39, 0.29) is 17.8 Å². The van der Waals surface area contributed by atoms with Gasteiger partial charge in [-0.3, -0.25) is 4.79 Å². The molecule has 1 saturated heterocycles. The molecule has 0 atom stereocenters. The van der Waals surface area contributed by atoms with Crippen molar-refractivity contribution in [2.45, 2.75) is 6.42 Å². The number of amides is 3. The molecular weight excluding hydrogens is 409 g/mol. The lowest BCUT2D eigenvalue weighted by Gasteiger charge is -2.36. The number of nitrogens with zero attached hydrogens (tertiary/aromatic N) is 4. The number of urea groups is 1. The molecule has 1 aliphatic rings. The van der Waals surface area contributed by atoms with Crippen LogP contribution in [0, 0.1) is 5.82 Å². The Kier molecular flexibility index (Phi) is 6.30. The normalized spacial score (nSPS) is 14.0. The monoisotopic (exact) mass is 437 g/mol. The molecule has 4 rings (SSSR count). The van der Waals surface area contributed by atoms with Crippen LogP contribution >= 0.6 is 0 Å². The van der Waals surface area contributed by atoms with Crippen LogP contribution in [0.1, 0.15) is 15.9 Å². The van der Waals surface area contributed by atoms with Gasteiger partial charge in [0.15, 0.2) is 0 Å². The summed E-state index contributed by atoms with van der Waals surface area (Å²) in [6, 6.07) is 14.2. The SMILES string of the molecule is CN(C)C(=O)N1CCN(c2ccc3ccc(C(=O)NCCc4cccc(F)c4)cn23)CC1. The zero-order valence-corrected chi connectivity index (χ0v) is 18.4. The lowest BCUT2D eigenvalue weighted by atomic mass is 10.1. The maximum Gasteiger partial charge on any atom is 0.319 e. The highest BCUT2D eigenvalue weighted by atomic mass is 19.1. The summed E-state index contributed by atoms with van der Waals surface area (Å²) >= 11 is 0. The molecule has 2 aromatic heterocycles. The number of nitrogens with one attached hydrogen (secondary N) is 1. The molecule has 0 radical (unpaired) electrons. The molecule has 0 bridgehead atoms. The molecule has 0 saturated carbocycles. The van der Waals surface area contributed by atoms with Gasteiger partial charge in [0.25, 0.3) is 5.91 Å². The average Bonchev–Trinajstić information content (AvgIpc) is 3.22. The second-order valence-electron chi connectivity index (χ2n) is 8.19. The lowest BCUT2D eigenvalue weighted by molar-refractivity contribution is 0.0953. The Bertz CT molecular complexity index is 1120. The van der Waals surface area contributed by atoms with Crippen LogP contribution in [0.2, 0.25) is 0 Å². The molecule has 1 N–H and O–H groups in total. The third kappa shape index (κ3) is 4.69. The fourth-order valence-electron chi connectivity index (χ4n) is 4.00. The number of pyridine rings is 1. The molecule has 3 aromatic rings. The van der Waals surface area contributed by atoms with Crippen LogP contribution in [0.4, 0.5) is 15.0 Å². The minimum absolute atomic E-state index is 0.0295. The van der Waals surface area contributed by atoms with Gasteiger partial charge in [0.1, 0.15) is 11.6 Å². The zero-order chi connectivity index (χ0) is 22.7. The van der Waals surface area contributed by atoms with E-state index in [0.29, 0.717) is 31.6 Å². The van der Waals surface area contributed by atoms with Crippen LogP contribution in [-0.2, 0) is 6.42 Å². The van der Waals surface area contributed by atoms with Gasteiger partial charge in [-0.05, 0) is 48.4 Å². The maximum atomic E-state index is 13.3. The first-order valence-corrected chi connectivity index (χ1v) is 10.8.